The molecule has 5 rings (SSSR count). The van der Waals surface area contributed by atoms with E-state index < -0.39 is 10.0 Å². The second kappa shape index (κ2) is 10.9. The molecule has 0 radical (unpaired) electrons. The molecule has 1 fully saturated rings. The van der Waals surface area contributed by atoms with Crippen molar-refractivity contribution in [2.75, 3.05) is 32.7 Å². The minimum Gasteiger partial charge on any atom is -0.311 e. The Morgan fingerprint density at radius 2 is 1.74 bits per heavy atom. The van der Waals surface area contributed by atoms with Crippen LogP contribution in [0.15, 0.2) is 44.7 Å². The van der Waals surface area contributed by atoms with Gasteiger partial charge in [0.1, 0.15) is 4.21 Å². The van der Waals surface area contributed by atoms with Crippen molar-refractivity contribution < 1.29 is 8.42 Å². The Kier molecular flexibility index (Phi) is 7.69. The zero-order valence-corrected chi connectivity index (χ0v) is 21.7. The number of piperidine rings is 1. The van der Waals surface area contributed by atoms with E-state index in [1.165, 1.54) is 48.1 Å². The first-order valence-corrected chi connectivity index (χ1v) is 15.0. The number of hydrogen-bond donors (Lipinski definition) is 2. The molecule has 0 amide bonds. The highest BCUT2D eigenvalue weighted by molar-refractivity contribution is 7.91. The summed E-state index contributed by atoms with van der Waals surface area (Å²) in [5.74, 6) is 0. The molecule has 1 aliphatic carbocycles. The van der Waals surface area contributed by atoms with Crippen LogP contribution in [0.5, 0.6) is 0 Å². The Morgan fingerprint density at radius 1 is 0.943 bits per heavy atom. The van der Waals surface area contributed by atoms with Crippen LogP contribution in [0.3, 0.4) is 0 Å². The van der Waals surface area contributed by atoms with Gasteiger partial charge >= 0.3 is 0 Å². The predicted molar refractivity (Wildman–Crippen MR) is 142 cm³/mol. The number of hydrogen-bond acceptors (Lipinski definition) is 6. The van der Waals surface area contributed by atoms with Crippen molar-refractivity contribution in [3.63, 3.8) is 0 Å². The van der Waals surface area contributed by atoms with E-state index in [9.17, 15) is 13.2 Å². The highest BCUT2D eigenvalue weighted by atomic mass is 32.2. The number of aromatic nitrogens is 1. The monoisotopic (exact) mass is 514 g/mol. The molecule has 1 aliphatic heterocycles. The molecule has 2 aromatic heterocycles. The number of sulfonamides is 1. The molecule has 0 spiro atoms. The number of nitrogens with zero attached hydrogens (tertiary/aromatic N) is 2. The van der Waals surface area contributed by atoms with Crippen LogP contribution in [-0.2, 0) is 36.0 Å². The summed E-state index contributed by atoms with van der Waals surface area (Å²) in [6.07, 6.45) is 7.16. The fraction of sp³-hybridized carbons (Fsp3) is 0.500. The van der Waals surface area contributed by atoms with Crippen LogP contribution in [0.25, 0.3) is 10.9 Å². The first kappa shape index (κ1) is 24.6. The molecule has 7 nitrogen and oxygen atoms in total. The smallest absolute Gasteiger partial charge is 0.255 e. The largest absolute Gasteiger partial charge is 0.311 e. The Bertz CT molecular complexity index is 1330. The van der Waals surface area contributed by atoms with Crippen LogP contribution in [0.2, 0.25) is 0 Å². The van der Waals surface area contributed by atoms with Gasteiger partial charge in [0.2, 0.25) is 10.0 Å². The van der Waals surface area contributed by atoms with Crippen molar-refractivity contribution in [1.29, 1.82) is 0 Å². The molecule has 1 aromatic carbocycles. The van der Waals surface area contributed by atoms with Crippen molar-refractivity contribution in [3.05, 3.63) is 62.8 Å². The van der Waals surface area contributed by atoms with E-state index in [1.807, 2.05) is 10.6 Å². The van der Waals surface area contributed by atoms with Crippen molar-refractivity contribution in [2.24, 2.45) is 0 Å². The van der Waals surface area contributed by atoms with E-state index in [1.54, 1.807) is 17.5 Å². The SMILES string of the molecule is O=c1c(CNCCNS(=O)(=O)c2cccs2)cc2cc3c(cc2n1CCN1CCCCC1)CCC3. The number of fused-ring (bicyclic) bond motifs is 2. The summed E-state index contributed by atoms with van der Waals surface area (Å²) >= 11 is 1.20. The highest BCUT2D eigenvalue weighted by Gasteiger charge is 2.18. The lowest BCUT2D eigenvalue weighted by atomic mass is 10.0. The first-order valence-electron chi connectivity index (χ1n) is 12.7. The summed E-state index contributed by atoms with van der Waals surface area (Å²) in [6.45, 7) is 4.95. The lowest BCUT2D eigenvalue weighted by Gasteiger charge is -2.27. The Morgan fingerprint density at radius 3 is 2.51 bits per heavy atom. The second-order valence-electron chi connectivity index (χ2n) is 9.57. The van der Waals surface area contributed by atoms with Gasteiger partial charge in [-0.1, -0.05) is 12.5 Å². The number of rotatable bonds is 10. The third-order valence-electron chi connectivity index (χ3n) is 7.14. The molecule has 3 aromatic rings. The summed E-state index contributed by atoms with van der Waals surface area (Å²) in [7, 11) is -3.47. The fourth-order valence-corrected chi connectivity index (χ4v) is 7.34. The topological polar surface area (TPSA) is 83.4 Å². The van der Waals surface area contributed by atoms with Crippen LogP contribution in [0, 0.1) is 0 Å². The second-order valence-corrected chi connectivity index (χ2v) is 12.5. The summed E-state index contributed by atoms with van der Waals surface area (Å²) in [5, 5.41) is 6.14. The first-order chi connectivity index (χ1) is 17.0. The van der Waals surface area contributed by atoms with E-state index in [0.29, 0.717) is 23.8 Å². The van der Waals surface area contributed by atoms with E-state index >= 15 is 0 Å². The molecule has 0 saturated carbocycles. The third-order valence-corrected chi connectivity index (χ3v) is 10.00. The van der Waals surface area contributed by atoms with Crippen LogP contribution in [0.4, 0.5) is 0 Å². The summed E-state index contributed by atoms with van der Waals surface area (Å²) in [6, 6.07) is 9.86. The van der Waals surface area contributed by atoms with E-state index in [0.717, 1.165) is 48.9 Å². The maximum atomic E-state index is 13.5. The van der Waals surface area contributed by atoms with Crippen LogP contribution in [-0.4, -0.2) is 50.6 Å². The van der Waals surface area contributed by atoms with E-state index in [2.05, 4.69) is 27.1 Å². The molecule has 188 valence electrons. The van der Waals surface area contributed by atoms with Gasteiger partial charge in [0, 0.05) is 38.3 Å². The molecular formula is C26H34N4O3S2. The van der Waals surface area contributed by atoms with Gasteiger partial charge < -0.3 is 14.8 Å². The molecule has 0 unspecified atom stereocenters. The highest BCUT2D eigenvalue weighted by Crippen LogP contribution is 2.27. The molecule has 3 heterocycles. The maximum Gasteiger partial charge on any atom is 0.255 e. The molecule has 9 heteroatoms. The predicted octanol–water partition coefficient (Wildman–Crippen LogP) is 3.11. The zero-order chi connectivity index (χ0) is 24.3. The van der Waals surface area contributed by atoms with Gasteiger partial charge in [-0.3, -0.25) is 4.79 Å². The summed E-state index contributed by atoms with van der Waals surface area (Å²) in [5.41, 5.74) is 4.61. The zero-order valence-electron chi connectivity index (χ0n) is 20.1. The van der Waals surface area contributed by atoms with Gasteiger partial charge in [-0.15, -0.1) is 11.3 Å². The van der Waals surface area contributed by atoms with Crippen molar-refractivity contribution in [3.8, 4) is 0 Å². The van der Waals surface area contributed by atoms with Gasteiger partial charge in [0.15, 0.2) is 0 Å². The van der Waals surface area contributed by atoms with Crippen molar-refractivity contribution in [2.45, 2.75) is 55.8 Å². The average molecular weight is 515 g/mol. The minimum absolute atomic E-state index is 0.0547. The van der Waals surface area contributed by atoms with Crippen molar-refractivity contribution >= 4 is 32.3 Å². The molecule has 2 N–H and O–H groups in total. The van der Waals surface area contributed by atoms with Crippen LogP contribution >= 0.6 is 11.3 Å². The molecule has 0 bridgehead atoms. The normalized spacial score (nSPS) is 16.7. The van der Waals surface area contributed by atoms with Gasteiger partial charge in [-0.2, -0.15) is 0 Å². The standard InChI is InChI=1S/C26H34N4O3S2/c31-26-23(19-27-9-10-28-35(32,33)25-8-5-15-34-25)17-22-16-20-6-4-7-21(20)18-24(22)30(26)14-13-29-11-2-1-3-12-29/h5,8,15-18,27-28H,1-4,6-7,9-14,19H2. The average Bonchev–Trinajstić information content (AvgIpc) is 3.56. The van der Waals surface area contributed by atoms with Crippen LogP contribution < -0.4 is 15.6 Å². The Hall–Kier alpha value is -2.04. The number of thiophene rings is 1. The van der Waals surface area contributed by atoms with Gasteiger partial charge in [0.05, 0.1) is 5.52 Å². The summed E-state index contributed by atoms with van der Waals surface area (Å²) < 4.78 is 29.5. The number of likely N-dealkylation sites (tertiary alicyclic amines) is 1. The Labute approximate surface area is 211 Å². The lowest BCUT2D eigenvalue weighted by molar-refractivity contribution is 0.221. The Balaban J connectivity index is 1.30. The fourth-order valence-electron chi connectivity index (χ4n) is 5.27. The molecule has 2 aliphatic rings. The molecular weight excluding hydrogens is 480 g/mol. The van der Waals surface area contributed by atoms with Gasteiger partial charge in [-0.05, 0) is 91.4 Å². The number of aryl methyl sites for hydroxylation is 2. The number of nitrogens with one attached hydrogen (secondary N) is 2. The van der Waals surface area contributed by atoms with Gasteiger partial charge in [0.25, 0.3) is 5.56 Å². The van der Waals surface area contributed by atoms with Gasteiger partial charge in [-0.25, -0.2) is 13.1 Å². The minimum atomic E-state index is -3.47. The molecule has 0 atom stereocenters. The number of pyridine rings is 1. The molecule has 35 heavy (non-hydrogen) atoms. The molecule has 1 saturated heterocycles. The van der Waals surface area contributed by atoms with Crippen molar-refractivity contribution in [1.82, 2.24) is 19.5 Å². The summed E-state index contributed by atoms with van der Waals surface area (Å²) in [4.78, 5) is 16.0. The lowest BCUT2D eigenvalue weighted by Crippen LogP contribution is -2.36. The van der Waals surface area contributed by atoms with E-state index in [4.69, 9.17) is 0 Å². The quantitative estimate of drug-likeness (QED) is 0.406. The van der Waals surface area contributed by atoms with E-state index in [-0.39, 0.29) is 12.1 Å². The number of benzene rings is 1. The third kappa shape index (κ3) is 5.70. The van der Waals surface area contributed by atoms with Crippen LogP contribution in [0.1, 0.15) is 42.4 Å². The maximum absolute atomic E-state index is 13.5.